The van der Waals surface area contributed by atoms with Gasteiger partial charge < -0.3 is 4.74 Å². The number of nitrogens with zero attached hydrogens (tertiary/aromatic N) is 1. The van der Waals surface area contributed by atoms with Gasteiger partial charge in [-0.05, 0) is 116 Å². The Morgan fingerprint density at radius 2 is 1.27 bits per heavy atom. The van der Waals surface area contributed by atoms with E-state index in [0.717, 1.165) is 56.8 Å². The summed E-state index contributed by atoms with van der Waals surface area (Å²) in [5.41, 5.74) is 14.0. The summed E-state index contributed by atoms with van der Waals surface area (Å²) in [7, 11) is 0. The summed E-state index contributed by atoms with van der Waals surface area (Å²) in [6.45, 7) is 6.86. The van der Waals surface area contributed by atoms with Gasteiger partial charge in [0.15, 0.2) is 0 Å². The smallest absolute Gasteiger partial charge is 0.127 e. The van der Waals surface area contributed by atoms with Crippen molar-refractivity contribution < 1.29 is 4.74 Å². The second kappa shape index (κ2) is 14.0. The predicted octanol–water partition coefficient (Wildman–Crippen LogP) is 14.6. The van der Waals surface area contributed by atoms with Crippen molar-refractivity contribution >= 4 is 38.5 Å². The highest BCUT2D eigenvalue weighted by atomic mass is 16.5. The van der Waals surface area contributed by atoms with Crippen molar-refractivity contribution in [2.45, 2.75) is 19.3 Å². The van der Waals surface area contributed by atoms with Crippen molar-refractivity contribution in [1.82, 2.24) is 4.98 Å². The van der Waals surface area contributed by atoms with E-state index >= 15 is 0 Å². The van der Waals surface area contributed by atoms with Gasteiger partial charge in [0.1, 0.15) is 11.5 Å². The van der Waals surface area contributed by atoms with Crippen molar-refractivity contribution in [3.05, 3.63) is 216 Å². The Kier molecular flexibility index (Phi) is 8.38. The summed E-state index contributed by atoms with van der Waals surface area (Å²) >= 11 is 0. The third kappa shape index (κ3) is 6.16. The Hall–Kier alpha value is -7.03. The van der Waals surface area contributed by atoms with Crippen LogP contribution in [0.5, 0.6) is 11.5 Å². The van der Waals surface area contributed by atoms with Gasteiger partial charge in [0.05, 0.1) is 11.2 Å². The fourth-order valence-electron chi connectivity index (χ4n) is 8.45. The maximum Gasteiger partial charge on any atom is 0.127 e. The van der Waals surface area contributed by atoms with E-state index in [4.69, 9.17) is 9.72 Å². The minimum Gasteiger partial charge on any atom is -0.457 e. The molecule has 0 N–H and O–H groups in total. The van der Waals surface area contributed by atoms with E-state index in [0.29, 0.717) is 0 Å². The number of fused-ring (bicyclic) bond motifs is 6. The minimum atomic E-state index is 0.0528. The predicted molar refractivity (Wildman–Crippen MR) is 235 cm³/mol. The van der Waals surface area contributed by atoms with Crippen LogP contribution >= 0.6 is 0 Å². The van der Waals surface area contributed by atoms with Crippen molar-refractivity contribution in [1.29, 1.82) is 0 Å². The molecule has 0 radical (unpaired) electrons. The number of allylic oxidation sites excluding steroid dienone is 2. The lowest BCUT2D eigenvalue weighted by Gasteiger charge is -2.17. The zero-order valence-electron chi connectivity index (χ0n) is 31.2. The van der Waals surface area contributed by atoms with Crippen LogP contribution in [0.4, 0.5) is 0 Å². The van der Waals surface area contributed by atoms with Crippen LogP contribution in [0.2, 0.25) is 0 Å². The third-order valence-corrected chi connectivity index (χ3v) is 11.4. The number of benzene rings is 8. The quantitative estimate of drug-likeness (QED) is 0.126. The van der Waals surface area contributed by atoms with Gasteiger partial charge in [-0.2, -0.15) is 0 Å². The molecular formula is C54H39NO. The normalized spacial score (nSPS) is 13.9. The zero-order chi connectivity index (χ0) is 37.6. The molecule has 1 aromatic heterocycles. The van der Waals surface area contributed by atoms with Gasteiger partial charge in [0.2, 0.25) is 0 Å². The Morgan fingerprint density at radius 3 is 2.09 bits per heavy atom. The fraction of sp³-hybridized carbons (Fsp3) is 0.0556. The summed E-state index contributed by atoms with van der Waals surface area (Å²) in [5.74, 6) is 1.66. The third-order valence-electron chi connectivity index (χ3n) is 11.4. The molecule has 10 rings (SSSR count). The monoisotopic (exact) mass is 717 g/mol. The van der Waals surface area contributed by atoms with Gasteiger partial charge in [0, 0.05) is 16.9 Å². The Bertz CT molecular complexity index is 2980. The lowest BCUT2D eigenvalue weighted by atomic mass is 9.89. The molecule has 0 saturated carbocycles. The summed E-state index contributed by atoms with van der Waals surface area (Å²) in [6, 6.07) is 62.4. The molecule has 1 aliphatic carbocycles. The van der Waals surface area contributed by atoms with Crippen molar-refractivity contribution in [3.8, 4) is 45.0 Å². The van der Waals surface area contributed by atoms with Crippen LogP contribution in [-0.2, 0) is 6.42 Å². The van der Waals surface area contributed by atoms with Crippen molar-refractivity contribution in [2.24, 2.45) is 0 Å². The highest BCUT2D eigenvalue weighted by Gasteiger charge is 2.20. The van der Waals surface area contributed by atoms with Crippen LogP contribution in [0.25, 0.3) is 72.0 Å². The molecule has 266 valence electrons. The second-order valence-corrected chi connectivity index (χ2v) is 14.8. The van der Waals surface area contributed by atoms with Crippen LogP contribution in [-0.4, -0.2) is 4.98 Å². The Morgan fingerprint density at radius 1 is 0.571 bits per heavy atom. The molecule has 9 aromatic rings. The first-order valence-electron chi connectivity index (χ1n) is 19.3. The van der Waals surface area contributed by atoms with Crippen LogP contribution in [0.3, 0.4) is 0 Å². The molecule has 1 heterocycles. The topological polar surface area (TPSA) is 22.1 Å². The first kappa shape index (κ1) is 33.5. The average molecular weight is 718 g/mol. The summed E-state index contributed by atoms with van der Waals surface area (Å²) in [5, 5.41) is 6.22. The van der Waals surface area contributed by atoms with E-state index in [9.17, 15) is 0 Å². The molecule has 0 aliphatic heterocycles. The largest absolute Gasteiger partial charge is 0.457 e. The first-order chi connectivity index (χ1) is 27.6. The van der Waals surface area contributed by atoms with Gasteiger partial charge in [-0.1, -0.05) is 164 Å². The lowest BCUT2D eigenvalue weighted by Crippen LogP contribution is -2.02. The zero-order valence-corrected chi connectivity index (χ0v) is 31.2. The molecule has 0 saturated heterocycles. The summed E-state index contributed by atoms with van der Waals surface area (Å²) < 4.78 is 6.48. The number of hydrogen-bond donors (Lipinski definition) is 0. The van der Waals surface area contributed by atoms with Gasteiger partial charge in [0.25, 0.3) is 0 Å². The molecular weight excluding hydrogens is 679 g/mol. The highest BCUT2D eigenvalue weighted by molar-refractivity contribution is 6.12. The number of aryl methyl sites for hydroxylation is 1. The lowest BCUT2D eigenvalue weighted by molar-refractivity contribution is 0.482. The molecule has 0 amide bonds. The molecule has 0 spiro atoms. The highest BCUT2D eigenvalue weighted by Crippen LogP contribution is 2.39. The molecule has 0 bridgehead atoms. The maximum absolute atomic E-state index is 6.48. The van der Waals surface area contributed by atoms with Crippen LogP contribution in [0, 0.1) is 6.92 Å². The number of ether oxygens (including phenoxy) is 1. The SMILES string of the molecule is C=C1Cc2c(ccc3ccc(-c4ccccc4)nc23)C=CC1c1cccc(Oc2ccc(-c3ccc4ccc5ccc(-c6ccccc6)c(C)c5c4c3)cc2)c1. The van der Waals surface area contributed by atoms with E-state index in [1.165, 1.54) is 54.9 Å². The van der Waals surface area contributed by atoms with E-state index in [1.54, 1.807) is 0 Å². The van der Waals surface area contributed by atoms with Gasteiger partial charge in [-0.25, -0.2) is 4.98 Å². The van der Waals surface area contributed by atoms with Crippen LogP contribution in [0.1, 0.15) is 28.2 Å². The van der Waals surface area contributed by atoms with E-state index in [1.807, 2.05) is 12.1 Å². The molecule has 1 atom stereocenters. The molecule has 2 heteroatoms. The molecule has 1 unspecified atom stereocenters. The second-order valence-electron chi connectivity index (χ2n) is 14.8. The standard InChI is InChI=1S/C54H39NO/c1-35-32-51-40(17-20-43-26-31-52(55-54(43)51)41-12-7-4-8-13-41)24-29-48(35)45-14-9-15-47(33-45)56-46-27-22-37(23-28-46)44-21-18-39-16-19-42-25-30-49(38-10-5-3-6-11-38)36(2)53(42)50(39)34-44/h3-31,33-34,48H,1,32H2,2H3. The van der Waals surface area contributed by atoms with Gasteiger partial charge in [-0.15, -0.1) is 0 Å². The van der Waals surface area contributed by atoms with Gasteiger partial charge >= 0.3 is 0 Å². The minimum absolute atomic E-state index is 0.0528. The molecule has 56 heavy (non-hydrogen) atoms. The first-order valence-corrected chi connectivity index (χ1v) is 19.3. The molecule has 0 fully saturated rings. The molecule has 8 aromatic carbocycles. The van der Waals surface area contributed by atoms with E-state index in [-0.39, 0.29) is 5.92 Å². The average Bonchev–Trinajstić information content (AvgIpc) is 3.42. The number of pyridine rings is 1. The van der Waals surface area contributed by atoms with Crippen molar-refractivity contribution in [2.75, 3.05) is 0 Å². The van der Waals surface area contributed by atoms with E-state index in [2.05, 4.69) is 189 Å². The Balaban J connectivity index is 0.902. The summed E-state index contributed by atoms with van der Waals surface area (Å²) in [4.78, 5) is 5.17. The number of aromatic nitrogens is 1. The fourth-order valence-corrected chi connectivity index (χ4v) is 8.45. The van der Waals surface area contributed by atoms with Gasteiger partial charge in [-0.3, -0.25) is 0 Å². The Labute approximate surface area is 327 Å². The summed E-state index contributed by atoms with van der Waals surface area (Å²) in [6.07, 6.45) is 5.26. The molecule has 1 aliphatic rings. The number of hydrogen-bond acceptors (Lipinski definition) is 2. The van der Waals surface area contributed by atoms with Crippen LogP contribution < -0.4 is 4.74 Å². The molecule has 2 nitrogen and oxygen atoms in total. The maximum atomic E-state index is 6.48. The van der Waals surface area contributed by atoms with E-state index < -0.39 is 0 Å². The van der Waals surface area contributed by atoms with Crippen LogP contribution in [0.15, 0.2) is 194 Å². The van der Waals surface area contributed by atoms with Crippen molar-refractivity contribution in [3.63, 3.8) is 0 Å². The number of rotatable bonds is 6.